The molecule has 0 saturated heterocycles. The van der Waals surface area contributed by atoms with Crippen molar-refractivity contribution in [1.29, 1.82) is 0 Å². The van der Waals surface area contributed by atoms with E-state index in [0.717, 1.165) is 19.5 Å². The number of alkyl halides is 3. The molecule has 0 radical (unpaired) electrons. The summed E-state index contributed by atoms with van der Waals surface area (Å²) in [5, 5.41) is 2.21. The largest absolute Gasteiger partial charge is 0.491 e. The van der Waals surface area contributed by atoms with E-state index in [1.165, 1.54) is 23.1 Å². The minimum absolute atomic E-state index is 0.0659. The number of carbonyl (C=O) groups excluding carboxylic acids is 2. The number of methoxy groups -OCH3 is 1. The zero-order valence-corrected chi connectivity index (χ0v) is 19.9. The fraction of sp³-hybridized carbons (Fsp3) is 0.652. The van der Waals surface area contributed by atoms with Crippen LogP contribution in [0.1, 0.15) is 44.0 Å². The van der Waals surface area contributed by atoms with Gasteiger partial charge in [0.05, 0.1) is 11.7 Å². The molecule has 0 spiro atoms. The van der Waals surface area contributed by atoms with Crippen molar-refractivity contribution >= 4 is 17.5 Å². The van der Waals surface area contributed by atoms with Crippen LogP contribution in [-0.2, 0) is 9.53 Å². The lowest BCUT2D eigenvalue weighted by Gasteiger charge is -2.35. The first-order chi connectivity index (χ1) is 15.4. The third kappa shape index (κ3) is 7.89. The standard InChI is InChI=1S/C23H34F3N3O4/c1-6-9-29-12-15(2)20(32-5)13-28(4)22(31)18-10-17(27-21(30)11-23(24,25)26)7-8-19(18)33-14-16(29)3/h7-8,10,15-16,20H,6,9,11-14H2,1-5H3,(H,27,30)/t15-,16+,20+/m1/s1. The van der Waals surface area contributed by atoms with Crippen LogP contribution in [0, 0.1) is 5.92 Å². The van der Waals surface area contributed by atoms with Gasteiger partial charge in [0, 0.05) is 39.0 Å². The fourth-order valence-electron chi connectivity index (χ4n) is 3.92. The van der Waals surface area contributed by atoms with Crippen molar-refractivity contribution in [2.45, 2.75) is 51.9 Å². The molecule has 1 aromatic carbocycles. The molecular weight excluding hydrogens is 439 g/mol. The number of benzene rings is 1. The summed E-state index contributed by atoms with van der Waals surface area (Å²) in [4.78, 5) is 28.8. The van der Waals surface area contributed by atoms with Crippen molar-refractivity contribution in [1.82, 2.24) is 9.80 Å². The minimum Gasteiger partial charge on any atom is -0.491 e. The van der Waals surface area contributed by atoms with Crippen molar-refractivity contribution in [3.05, 3.63) is 23.8 Å². The van der Waals surface area contributed by atoms with Crippen LogP contribution >= 0.6 is 0 Å². The number of hydrogen-bond donors (Lipinski definition) is 1. The van der Waals surface area contributed by atoms with Gasteiger partial charge in [0.2, 0.25) is 5.91 Å². The van der Waals surface area contributed by atoms with E-state index in [2.05, 4.69) is 31.0 Å². The molecule has 0 aliphatic carbocycles. The highest BCUT2D eigenvalue weighted by atomic mass is 19.4. The topological polar surface area (TPSA) is 71.1 Å². The Morgan fingerprint density at radius 2 is 1.97 bits per heavy atom. The summed E-state index contributed by atoms with van der Waals surface area (Å²) in [5.74, 6) is -1.11. The zero-order valence-electron chi connectivity index (χ0n) is 19.9. The average Bonchev–Trinajstić information content (AvgIpc) is 2.73. The summed E-state index contributed by atoms with van der Waals surface area (Å²) < 4.78 is 49.2. The number of rotatable bonds is 5. The molecule has 1 heterocycles. The van der Waals surface area contributed by atoms with Crippen molar-refractivity contribution in [2.24, 2.45) is 5.92 Å². The summed E-state index contributed by atoms with van der Waals surface area (Å²) in [7, 11) is 3.25. The number of carbonyl (C=O) groups is 2. The Balaban J connectivity index is 2.37. The fourth-order valence-corrected chi connectivity index (χ4v) is 3.92. The molecule has 2 amide bonds. The number of fused-ring (bicyclic) bond motifs is 1. The second-order valence-electron chi connectivity index (χ2n) is 8.64. The van der Waals surface area contributed by atoms with E-state index in [1.54, 1.807) is 14.2 Å². The summed E-state index contributed by atoms with van der Waals surface area (Å²) in [6, 6.07) is 4.36. The monoisotopic (exact) mass is 473 g/mol. The van der Waals surface area contributed by atoms with Gasteiger partial charge in [-0.2, -0.15) is 13.2 Å². The van der Waals surface area contributed by atoms with Crippen molar-refractivity contribution in [2.75, 3.05) is 45.7 Å². The number of amides is 2. The Labute approximate surface area is 193 Å². The summed E-state index contributed by atoms with van der Waals surface area (Å²) in [6.45, 7) is 8.57. The lowest BCUT2D eigenvalue weighted by Crippen LogP contribution is -2.46. The predicted molar refractivity (Wildman–Crippen MR) is 119 cm³/mol. The molecule has 1 aliphatic heterocycles. The van der Waals surface area contributed by atoms with Gasteiger partial charge in [0.25, 0.3) is 5.91 Å². The molecule has 0 unspecified atom stereocenters. The maximum atomic E-state index is 13.2. The molecule has 0 aromatic heterocycles. The number of likely N-dealkylation sites (N-methyl/N-ethyl adjacent to an activating group) is 1. The lowest BCUT2D eigenvalue weighted by atomic mass is 10.0. The molecular formula is C23H34F3N3O4. The van der Waals surface area contributed by atoms with Gasteiger partial charge in [-0.1, -0.05) is 13.8 Å². The molecule has 33 heavy (non-hydrogen) atoms. The van der Waals surface area contributed by atoms with Gasteiger partial charge in [-0.15, -0.1) is 0 Å². The van der Waals surface area contributed by atoms with Crippen molar-refractivity contribution < 1.29 is 32.2 Å². The Morgan fingerprint density at radius 3 is 2.58 bits per heavy atom. The van der Waals surface area contributed by atoms with Gasteiger partial charge >= 0.3 is 6.18 Å². The molecule has 1 N–H and O–H groups in total. The number of halogens is 3. The van der Waals surface area contributed by atoms with E-state index in [1.807, 2.05) is 0 Å². The highest BCUT2D eigenvalue weighted by Gasteiger charge is 2.32. The van der Waals surface area contributed by atoms with Crippen LogP contribution in [0.25, 0.3) is 0 Å². The third-order valence-corrected chi connectivity index (χ3v) is 5.73. The Kier molecular flexibility index (Phi) is 9.54. The van der Waals surface area contributed by atoms with Crippen molar-refractivity contribution in [3.63, 3.8) is 0 Å². The normalized spacial score (nSPS) is 23.2. The van der Waals surface area contributed by atoms with E-state index in [-0.39, 0.29) is 35.2 Å². The van der Waals surface area contributed by atoms with Gasteiger partial charge in [0.15, 0.2) is 0 Å². The van der Waals surface area contributed by atoms with Crippen LogP contribution in [0.2, 0.25) is 0 Å². The maximum Gasteiger partial charge on any atom is 0.397 e. The van der Waals surface area contributed by atoms with Crippen LogP contribution in [-0.4, -0.2) is 80.3 Å². The van der Waals surface area contributed by atoms with Crippen LogP contribution in [0.3, 0.4) is 0 Å². The number of nitrogens with zero attached hydrogens (tertiary/aromatic N) is 2. The SMILES string of the molecule is CCCN1C[C@@H](C)[C@@H](OC)CN(C)C(=O)c2cc(NC(=O)CC(F)(F)F)ccc2OC[C@@H]1C. The molecule has 2 rings (SSSR count). The molecule has 186 valence electrons. The van der Waals surface area contributed by atoms with E-state index >= 15 is 0 Å². The Hall–Kier alpha value is -2.33. The predicted octanol–water partition coefficient (Wildman–Crippen LogP) is 3.79. The molecule has 0 saturated carbocycles. The molecule has 0 fully saturated rings. The quantitative estimate of drug-likeness (QED) is 0.705. The van der Waals surface area contributed by atoms with E-state index < -0.39 is 18.5 Å². The highest BCUT2D eigenvalue weighted by Crippen LogP contribution is 2.27. The average molecular weight is 474 g/mol. The van der Waals surface area contributed by atoms with E-state index in [0.29, 0.717) is 18.9 Å². The molecule has 1 aromatic rings. The van der Waals surface area contributed by atoms with Crippen LogP contribution in [0.5, 0.6) is 5.75 Å². The maximum absolute atomic E-state index is 13.2. The van der Waals surface area contributed by atoms with Crippen molar-refractivity contribution in [3.8, 4) is 5.75 Å². The first kappa shape index (κ1) is 26.9. The summed E-state index contributed by atoms with van der Waals surface area (Å²) in [6.07, 6.45) is -5.45. The first-order valence-electron chi connectivity index (χ1n) is 11.1. The first-order valence-corrected chi connectivity index (χ1v) is 11.1. The van der Waals surface area contributed by atoms with Crippen LogP contribution in [0.4, 0.5) is 18.9 Å². The molecule has 7 nitrogen and oxygen atoms in total. The molecule has 3 atom stereocenters. The number of nitrogens with one attached hydrogen (secondary N) is 1. The lowest BCUT2D eigenvalue weighted by molar-refractivity contribution is -0.150. The van der Waals surface area contributed by atoms with Gasteiger partial charge in [0.1, 0.15) is 18.8 Å². The van der Waals surface area contributed by atoms with Gasteiger partial charge in [-0.25, -0.2) is 0 Å². The Bertz CT molecular complexity index is 819. The van der Waals surface area contributed by atoms with E-state index in [9.17, 15) is 22.8 Å². The molecule has 10 heteroatoms. The second-order valence-corrected chi connectivity index (χ2v) is 8.64. The molecule has 1 aliphatic rings. The number of ether oxygens (including phenoxy) is 2. The number of hydrogen-bond acceptors (Lipinski definition) is 5. The van der Waals surface area contributed by atoms with Gasteiger partial charge in [-0.05, 0) is 44.0 Å². The summed E-state index contributed by atoms with van der Waals surface area (Å²) >= 11 is 0. The van der Waals surface area contributed by atoms with Crippen LogP contribution < -0.4 is 10.1 Å². The highest BCUT2D eigenvalue weighted by molar-refractivity contribution is 5.99. The zero-order chi connectivity index (χ0) is 24.8. The van der Waals surface area contributed by atoms with Crippen LogP contribution in [0.15, 0.2) is 18.2 Å². The van der Waals surface area contributed by atoms with E-state index in [4.69, 9.17) is 9.47 Å². The number of anilines is 1. The minimum atomic E-state index is -4.62. The van der Waals surface area contributed by atoms with Gasteiger partial charge < -0.3 is 19.7 Å². The Morgan fingerprint density at radius 1 is 1.27 bits per heavy atom. The molecule has 0 bridgehead atoms. The summed E-state index contributed by atoms with van der Waals surface area (Å²) in [5.41, 5.74) is 0.261. The van der Waals surface area contributed by atoms with Gasteiger partial charge in [-0.3, -0.25) is 14.5 Å². The third-order valence-electron chi connectivity index (χ3n) is 5.73. The second kappa shape index (κ2) is 11.7. The smallest absolute Gasteiger partial charge is 0.397 e.